The molecule has 0 aliphatic heterocycles. The third-order valence-corrected chi connectivity index (χ3v) is 12.4. The maximum absolute atomic E-state index is 14.8. The summed E-state index contributed by atoms with van der Waals surface area (Å²) in [5.74, 6) is 0. The molecule has 3 heteroatoms. The molecular formula is C29H38O2Si. The van der Waals surface area contributed by atoms with E-state index in [-0.39, 0.29) is 10.4 Å². The molecule has 0 saturated heterocycles. The topological polar surface area (TPSA) is 37.3 Å². The number of benzene rings is 2. The van der Waals surface area contributed by atoms with Crippen molar-refractivity contribution in [2.75, 3.05) is 0 Å². The van der Waals surface area contributed by atoms with Gasteiger partial charge in [0, 0.05) is 0 Å². The zero-order valence-electron chi connectivity index (χ0n) is 20.2. The Hall–Kier alpha value is -2.19. The minimum Gasteiger partial charge on any atom is -0.388 e. The van der Waals surface area contributed by atoms with Gasteiger partial charge in [-0.2, -0.15) is 0 Å². The van der Waals surface area contributed by atoms with Gasteiger partial charge in [-0.1, -0.05) is 101 Å². The van der Waals surface area contributed by atoms with Crippen LogP contribution in [0.2, 0.25) is 5.04 Å². The van der Waals surface area contributed by atoms with Crippen molar-refractivity contribution in [3.05, 3.63) is 77.5 Å². The Morgan fingerprint density at radius 1 is 0.938 bits per heavy atom. The molecule has 1 fully saturated rings. The predicted octanol–water partition coefficient (Wildman–Crippen LogP) is 5.73. The highest BCUT2D eigenvalue weighted by atomic mass is 28.3. The molecule has 2 aromatic rings. The second-order valence-corrected chi connectivity index (χ2v) is 14.7. The minimum absolute atomic E-state index is 0.112. The first-order valence-electron chi connectivity index (χ1n) is 12.1. The van der Waals surface area contributed by atoms with E-state index in [1.807, 2.05) is 36.4 Å². The number of rotatable bonds is 7. The minimum atomic E-state index is -3.00. The maximum Gasteiger partial charge on any atom is 0.205 e. The van der Waals surface area contributed by atoms with Crippen molar-refractivity contribution in [2.45, 2.75) is 83.8 Å². The molecule has 0 bridgehead atoms. The largest absolute Gasteiger partial charge is 0.388 e. The molecular weight excluding hydrogens is 408 g/mol. The first-order chi connectivity index (χ1) is 15.3. The standard InChI is InChI=1S/C29H38O2Si/c1-5-15-27(30)26(22-23-16-9-6-10-17-23)28(31)32(29(2,3)4,24-18-11-7-12-19-24)25-20-13-8-14-21-25/h7-8,11-14,18-21,27,30H,5-6,9-10,15-17H2,1-4H3. The summed E-state index contributed by atoms with van der Waals surface area (Å²) in [6.45, 7) is 8.62. The molecule has 0 amide bonds. The highest BCUT2D eigenvalue weighted by molar-refractivity contribution is 7.25. The molecule has 0 radical (unpaired) electrons. The summed E-state index contributed by atoms with van der Waals surface area (Å²) in [6.07, 6.45) is 6.13. The summed E-state index contributed by atoms with van der Waals surface area (Å²) >= 11 is 0. The van der Waals surface area contributed by atoms with Gasteiger partial charge >= 0.3 is 0 Å². The van der Waals surface area contributed by atoms with Crippen LogP contribution in [0.4, 0.5) is 0 Å². The molecule has 0 aromatic heterocycles. The Kier molecular flexibility index (Phi) is 8.11. The van der Waals surface area contributed by atoms with E-state index in [1.165, 1.54) is 12.0 Å². The second-order valence-electron chi connectivity index (χ2n) is 10.1. The van der Waals surface area contributed by atoms with Crippen LogP contribution in [0.25, 0.3) is 0 Å². The Labute approximate surface area is 195 Å². The molecule has 0 spiro atoms. The Balaban J connectivity index is 2.34. The monoisotopic (exact) mass is 446 g/mol. The fourth-order valence-electron chi connectivity index (χ4n) is 5.22. The van der Waals surface area contributed by atoms with Gasteiger partial charge in [-0.05, 0) is 53.1 Å². The Morgan fingerprint density at radius 3 is 1.88 bits per heavy atom. The van der Waals surface area contributed by atoms with Gasteiger partial charge in [0.15, 0.2) is 5.41 Å². The SMILES string of the molecule is CCCC(O)C(=C=C1CCCCC1)C(=O)[Si](c1ccccc1)(c1ccccc1)C(C)(C)C. The quantitative estimate of drug-likeness (QED) is 0.335. The molecule has 1 aliphatic carbocycles. The molecule has 32 heavy (non-hydrogen) atoms. The lowest BCUT2D eigenvalue weighted by Crippen LogP contribution is -2.70. The Morgan fingerprint density at radius 2 is 1.44 bits per heavy atom. The van der Waals surface area contributed by atoms with Crippen molar-refractivity contribution >= 4 is 23.9 Å². The van der Waals surface area contributed by atoms with E-state index < -0.39 is 14.2 Å². The molecule has 3 rings (SSSR count). The van der Waals surface area contributed by atoms with Crippen molar-refractivity contribution in [3.8, 4) is 0 Å². The number of carbonyl (C=O) groups excluding carboxylic acids is 1. The summed E-state index contributed by atoms with van der Waals surface area (Å²) in [5.41, 5.74) is 5.24. The van der Waals surface area contributed by atoms with Crippen molar-refractivity contribution in [2.24, 2.45) is 0 Å². The average molecular weight is 447 g/mol. The van der Waals surface area contributed by atoms with Crippen LogP contribution < -0.4 is 10.4 Å². The van der Waals surface area contributed by atoms with Gasteiger partial charge in [-0.25, -0.2) is 0 Å². The van der Waals surface area contributed by atoms with E-state index in [9.17, 15) is 9.90 Å². The van der Waals surface area contributed by atoms with Crippen LogP contribution in [-0.4, -0.2) is 24.7 Å². The van der Waals surface area contributed by atoms with E-state index in [2.05, 4.69) is 57.7 Å². The fourth-order valence-corrected chi connectivity index (χ4v) is 10.5. The number of hydrogen-bond donors (Lipinski definition) is 1. The third-order valence-electron chi connectivity index (χ3n) is 6.79. The average Bonchev–Trinajstić information content (AvgIpc) is 2.79. The lowest BCUT2D eigenvalue weighted by Gasteiger charge is -2.43. The van der Waals surface area contributed by atoms with Gasteiger partial charge in [-0.3, -0.25) is 4.79 Å². The predicted molar refractivity (Wildman–Crippen MR) is 137 cm³/mol. The molecule has 1 saturated carbocycles. The number of aliphatic hydroxyl groups excluding tert-OH is 1. The van der Waals surface area contributed by atoms with Crippen molar-refractivity contribution in [1.82, 2.24) is 0 Å². The molecule has 1 unspecified atom stereocenters. The summed E-state index contributed by atoms with van der Waals surface area (Å²) in [6, 6.07) is 20.6. The lowest BCUT2D eigenvalue weighted by molar-refractivity contribution is -0.110. The molecule has 1 aliphatic rings. The van der Waals surface area contributed by atoms with Crippen LogP contribution in [0, 0.1) is 0 Å². The van der Waals surface area contributed by atoms with Crippen LogP contribution >= 0.6 is 0 Å². The summed E-state index contributed by atoms with van der Waals surface area (Å²) in [4.78, 5) is 14.8. The zero-order valence-corrected chi connectivity index (χ0v) is 21.2. The van der Waals surface area contributed by atoms with Gasteiger partial charge in [0.2, 0.25) is 8.07 Å². The van der Waals surface area contributed by atoms with Crippen molar-refractivity contribution in [3.63, 3.8) is 0 Å². The van der Waals surface area contributed by atoms with Crippen LogP contribution in [0.3, 0.4) is 0 Å². The van der Waals surface area contributed by atoms with Crippen LogP contribution in [0.15, 0.2) is 77.5 Å². The number of hydrogen-bond acceptors (Lipinski definition) is 2. The highest BCUT2D eigenvalue weighted by Crippen LogP contribution is 2.39. The van der Waals surface area contributed by atoms with Gasteiger partial charge in [0.25, 0.3) is 0 Å². The lowest BCUT2D eigenvalue weighted by atomic mass is 9.94. The molecule has 2 aromatic carbocycles. The Bertz CT molecular complexity index is 916. The van der Waals surface area contributed by atoms with E-state index >= 15 is 0 Å². The van der Waals surface area contributed by atoms with Crippen LogP contribution in [0.5, 0.6) is 0 Å². The van der Waals surface area contributed by atoms with Gasteiger partial charge < -0.3 is 5.11 Å². The first-order valence-corrected chi connectivity index (χ1v) is 14.1. The molecule has 170 valence electrons. The maximum atomic E-state index is 14.8. The summed E-state index contributed by atoms with van der Waals surface area (Å²) < 4.78 is 0. The number of carbonyl (C=O) groups is 1. The highest BCUT2D eigenvalue weighted by Gasteiger charge is 2.55. The molecule has 1 N–H and O–H groups in total. The van der Waals surface area contributed by atoms with Gasteiger partial charge in [0.1, 0.15) is 0 Å². The van der Waals surface area contributed by atoms with Gasteiger partial charge in [-0.15, -0.1) is 5.73 Å². The third kappa shape index (κ3) is 4.91. The van der Waals surface area contributed by atoms with Crippen molar-refractivity contribution in [1.29, 1.82) is 0 Å². The van der Waals surface area contributed by atoms with E-state index in [1.54, 1.807) is 0 Å². The molecule has 2 nitrogen and oxygen atoms in total. The second kappa shape index (κ2) is 10.6. The van der Waals surface area contributed by atoms with E-state index in [0.717, 1.165) is 42.5 Å². The zero-order chi connectivity index (χ0) is 23.2. The van der Waals surface area contributed by atoms with Gasteiger partial charge in [0.05, 0.1) is 11.7 Å². The first kappa shape index (κ1) is 24.4. The molecule has 0 heterocycles. The summed E-state index contributed by atoms with van der Waals surface area (Å²) in [5, 5.41) is 13.2. The number of aliphatic hydroxyl groups is 1. The normalized spacial score (nSPS) is 15.7. The van der Waals surface area contributed by atoms with Crippen LogP contribution in [-0.2, 0) is 4.79 Å². The fraction of sp³-hybridized carbons (Fsp3) is 0.448. The van der Waals surface area contributed by atoms with E-state index in [4.69, 9.17) is 0 Å². The molecule has 1 atom stereocenters. The smallest absolute Gasteiger partial charge is 0.205 e. The summed E-state index contributed by atoms with van der Waals surface area (Å²) in [7, 11) is -3.00. The van der Waals surface area contributed by atoms with Crippen molar-refractivity contribution < 1.29 is 9.90 Å². The van der Waals surface area contributed by atoms with E-state index in [0.29, 0.717) is 12.0 Å². The van der Waals surface area contributed by atoms with Crippen LogP contribution in [0.1, 0.15) is 72.6 Å².